The first-order chi connectivity index (χ1) is 6.84. The average molecular weight is 194 g/mol. The SMILES string of the molecule is C#CCCCNCC(C)N1CCCC1. The van der Waals surface area contributed by atoms with Crippen LogP contribution in [0, 0.1) is 12.3 Å². The monoisotopic (exact) mass is 194 g/mol. The molecule has 2 nitrogen and oxygen atoms in total. The molecule has 1 aliphatic rings. The van der Waals surface area contributed by atoms with Gasteiger partial charge in [0, 0.05) is 19.0 Å². The molecule has 0 spiro atoms. The number of terminal acetylenes is 1. The molecule has 0 aromatic rings. The molecule has 1 saturated heterocycles. The van der Waals surface area contributed by atoms with E-state index in [1.807, 2.05) is 0 Å². The molecule has 1 fully saturated rings. The van der Waals surface area contributed by atoms with Crippen LogP contribution >= 0.6 is 0 Å². The summed E-state index contributed by atoms with van der Waals surface area (Å²) in [7, 11) is 0. The van der Waals surface area contributed by atoms with Crippen molar-refractivity contribution in [3.05, 3.63) is 0 Å². The van der Waals surface area contributed by atoms with Gasteiger partial charge in [0.25, 0.3) is 0 Å². The maximum Gasteiger partial charge on any atom is 0.0192 e. The molecule has 2 heteroatoms. The van der Waals surface area contributed by atoms with Gasteiger partial charge in [-0.3, -0.25) is 4.90 Å². The second-order valence-electron chi connectivity index (χ2n) is 4.10. The Labute approximate surface area is 88.1 Å². The van der Waals surface area contributed by atoms with Crippen molar-refractivity contribution in [2.75, 3.05) is 26.2 Å². The molecular formula is C12H22N2. The fraction of sp³-hybridized carbons (Fsp3) is 0.833. The van der Waals surface area contributed by atoms with Crippen LogP contribution < -0.4 is 5.32 Å². The van der Waals surface area contributed by atoms with Crippen molar-refractivity contribution in [2.24, 2.45) is 0 Å². The van der Waals surface area contributed by atoms with Gasteiger partial charge >= 0.3 is 0 Å². The van der Waals surface area contributed by atoms with Crippen LogP contribution in [0.1, 0.15) is 32.6 Å². The van der Waals surface area contributed by atoms with Crippen LogP contribution in [0.2, 0.25) is 0 Å². The van der Waals surface area contributed by atoms with Gasteiger partial charge in [-0.25, -0.2) is 0 Å². The smallest absolute Gasteiger partial charge is 0.0192 e. The number of hydrogen-bond acceptors (Lipinski definition) is 2. The Morgan fingerprint density at radius 1 is 1.43 bits per heavy atom. The third-order valence-electron chi connectivity index (χ3n) is 2.88. The first-order valence-electron chi connectivity index (χ1n) is 5.73. The summed E-state index contributed by atoms with van der Waals surface area (Å²) in [5.74, 6) is 2.66. The standard InChI is InChI=1S/C12H22N2/c1-3-4-5-8-13-11-12(2)14-9-6-7-10-14/h1,12-13H,4-11H2,2H3. The first kappa shape index (κ1) is 11.6. The number of nitrogens with one attached hydrogen (secondary N) is 1. The Bertz CT molecular complexity index is 177. The van der Waals surface area contributed by atoms with Crippen LogP contribution in [0.5, 0.6) is 0 Å². The van der Waals surface area contributed by atoms with Gasteiger partial charge in [0.15, 0.2) is 0 Å². The number of rotatable bonds is 6. The number of hydrogen-bond donors (Lipinski definition) is 1. The Balaban J connectivity index is 1.97. The lowest BCUT2D eigenvalue weighted by Gasteiger charge is -2.23. The Morgan fingerprint density at radius 3 is 2.79 bits per heavy atom. The number of unbranched alkanes of at least 4 members (excludes halogenated alkanes) is 1. The fourth-order valence-electron chi connectivity index (χ4n) is 1.94. The van der Waals surface area contributed by atoms with Gasteiger partial charge in [-0.1, -0.05) is 0 Å². The van der Waals surface area contributed by atoms with Gasteiger partial charge in [0.2, 0.25) is 0 Å². The van der Waals surface area contributed by atoms with E-state index in [1.165, 1.54) is 25.9 Å². The van der Waals surface area contributed by atoms with Crippen LogP contribution in [0.3, 0.4) is 0 Å². The third-order valence-corrected chi connectivity index (χ3v) is 2.88. The van der Waals surface area contributed by atoms with E-state index in [0.717, 1.165) is 25.9 Å². The normalized spacial score (nSPS) is 19.4. The van der Waals surface area contributed by atoms with Gasteiger partial charge in [0.05, 0.1) is 0 Å². The Kier molecular flexibility index (Phi) is 5.66. The van der Waals surface area contributed by atoms with Crippen molar-refractivity contribution < 1.29 is 0 Å². The first-order valence-corrected chi connectivity index (χ1v) is 5.73. The maximum absolute atomic E-state index is 5.18. The van der Waals surface area contributed by atoms with E-state index in [9.17, 15) is 0 Å². The minimum absolute atomic E-state index is 0.684. The second-order valence-corrected chi connectivity index (χ2v) is 4.10. The van der Waals surface area contributed by atoms with Gasteiger partial charge in [0.1, 0.15) is 0 Å². The lowest BCUT2D eigenvalue weighted by molar-refractivity contribution is 0.252. The van der Waals surface area contributed by atoms with E-state index in [2.05, 4.69) is 23.1 Å². The molecule has 0 aromatic heterocycles. The quantitative estimate of drug-likeness (QED) is 0.509. The molecule has 0 amide bonds. The predicted octanol–water partition coefficient (Wildman–Crippen LogP) is 1.47. The molecule has 1 heterocycles. The van der Waals surface area contributed by atoms with Crippen molar-refractivity contribution in [3.8, 4) is 12.3 Å². The topological polar surface area (TPSA) is 15.3 Å². The highest BCUT2D eigenvalue weighted by Crippen LogP contribution is 2.10. The molecule has 0 aliphatic carbocycles. The molecule has 0 bridgehead atoms. The summed E-state index contributed by atoms with van der Waals surface area (Å²) in [4.78, 5) is 2.56. The molecule has 1 aliphatic heterocycles. The highest BCUT2D eigenvalue weighted by Gasteiger charge is 2.16. The average Bonchev–Trinajstić information content (AvgIpc) is 2.70. The highest BCUT2D eigenvalue weighted by atomic mass is 15.2. The van der Waals surface area contributed by atoms with Crippen molar-refractivity contribution in [1.82, 2.24) is 10.2 Å². The minimum Gasteiger partial charge on any atom is -0.315 e. The van der Waals surface area contributed by atoms with Crippen molar-refractivity contribution in [2.45, 2.75) is 38.6 Å². The van der Waals surface area contributed by atoms with E-state index >= 15 is 0 Å². The van der Waals surface area contributed by atoms with Gasteiger partial charge in [-0.15, -0.1) is 12.3 Å². The van der Waals surface area contributed by atoms with Crippen molar-refractivity contribution in [1.29, 1.82) is 0 Å². The van der Waals surface area contributed by atoms with Crippen molar-refractivity contribution >= 4 is 0 Å². The predicted molar refractivity (Wildman–Crippen MR) is 61.2 cm³/mol. The molecule has 14 heavy (non-hydrogen) atoms. The summed E-state index contributed by atoms with van der Waals surface area (Å²) in [5, 5.41) is 3.46. The van der Waals surface area contributed by atoms with Crippen molar-refractivity contribution in [3.63, 3.8) is 0 Å². The maximum atomic E-state index is 5.18. The summed E-state index contributed by atoms with van der Waals surface area (Å²) < 4.78 is 0. The van der Waals surface area contributed by atoms with Crippen LogP contribution in [-0.2, 0) is 0 Å². The van der Waals surface area contributed by atoms with Crippen LogP contribution in [0.25, 0.3) is 0 Å². The lowest BCUT2D eigenvalue weighted by Crippen LogP contribution is -2.38. The molecule has 80 valence electrons. The fourth-order valence-corrected chi connectivity index (χ4v) is 1.94. The summed E-state index contributed by atoms with van der Waals surface area (Å²) in [6, 6.07) is 0.684. The molecule has 1 rings (SSSR count). The van der Waals surface area contributed by atoms with Gasteiger partial charge in [-0.05, 0) is 45.8 Å². The molecular weight excluding hydrogens is 172 g/mol. The van der Waals surface area contributed by atoms with E-state index in [4.69, 9.17) is 6.42 Å². The summed E-state index contributed by atoms with van der Waals surface area (Å²) in [6.07, 6.45) is 9.93. The zero-order valence-corrected chi connectivity index (χ0v) is 9.26. The van der Waals surface area contributed by atoms with E-state index in [-0.39, 0.29) is 0 Å². The van der Waals surface area contributed by atoms with E-state index in [0.29, 0.717) is 6.04 Å². The Morgan fingerprint density at radius 2 is 2.14 bits per heavy atom. The highest BCUT2D eigenvalue weighted by molar-refractivity contribution is 4.83. The van der Waals surface area contributed by atoms with Crippen LogP contribution in [0.15, 0.2) is 0 Å². The molecule has 1 N–H and O–H groups in total. The van der Waals surface area contributed by atoms with E-state index in [1.54, 1.807) is 0 Å². The molecule has 0 saturated carbocycles. The second kappa shape index (κ2) is 6.86. The largest absolute Gasteiger partial charge is 0.315 e. The summed E-state index contributed by atoms with van der Waals surface area (Å²) in [5.41, 5.74) is 0. The Hall–Kier alpha value is -0.520. The zero-order valence-electron chi connectivity index (χ0n) is 9.26. The molecule has 1 unspecified atom stereocenters. The summed E-state index contributed by atoms with van der Waals surface area (Å²) >= 11 is 0. The minimum atomic E-state index is 0.684. The molecule has 0 radical (unpaired) electrons. The van der Waals surface area contributed by atoms with Crippen LogP contribution in [0.4, 0.5) is 0 Å². The van der Waals surface area contributed by atoms with Gasteiger partial charge < -0.3 is 5.32 Å². The van der Waals surface area contributed by atoms with E-state index < -0.39 is 0 Å². The number of likely N-dealkylation sites (tertiary alicyclic amines) is 1. The number of nitrogens with zero attached hydrogens (tertiary/aromatic N) is 1. The van der Waals surface area contributed by atoms with Gasteiger partial charge in [-0.2, -0.15) is 0 Å². The van der Waals surface area contributed by atoms with Crippen LogP contribution in [-0.4, -0.2) is 37.1 Å². The lowest BCUT2D eigenvalue weighted by atomic mass is 10.2. The summed E-state index contributed by atoms with van der Waals surface area (Å²) in [6.45, 7) is 7.03. The zero-order chi connectivity index (χ0) is 10.2. The molecule has 0 aromatic carbocycles. The third kappa shape index (κ3) is 4.13. The molecule has 1 atom stereocenters.